The van der Waals surface area contributed by atoms with E-state index in [1.54, 1.807) is 55.5 Å². The number of thioether (sulfide) groups is 1. The second-order valence-electron chi connectivity index (χ2n) is 7.91. The highest BCUT2D eigenvalue weighted by molar-refractivity contribution is 9.10. The molecular formula is C28H20BrClN4O2S. The van der Waals surface area contributed by atoms with E-state index >= 15 is 0 Å². The molecule has 4 aromatic rings. The first-order valence-corrected chi connectivity index (χ1v) is 13.3. The zero-order chi connectivity index (χ0) is 26.4. The van der Waals surface area contributed by atoms with E-state index in [2.05, 4.69) is 37.6 Å². The lowest BCUT2D eigenvalue weighted by Crippen LogP contribution is -2.18. The molecule has 0 aliphatic carbocycles. The Morgan fingerprint density at radius 1 is 1.00 bits per heavy atom. The second kappa shape index (κ2) is 12.1. The first kappa shape index (κ1) is 26.4. The van der Waals surface area contributed by atoms with Gasteiger partial charge in [-0.2, -0.15) is 5.26 Å². The fraction of sp³-hybridized carbons (Fsp3) is 0.0714. The third kappa shape index (κ3) is 6.57. The highest BCUT2D eigenvalue weighted by atomic mass is 79.9. The average Bonchev–Trinajstić information content (AvgIpc) is 2.89. The zero-order valence-corrected chi connectivity index (χ0v) is 22.7. The van der Waals surface area contributed by atoms with Crippen molar-refractivity contribution in [2.45, 2.75) is 11.9 Å². The fourth-order valence-corrected chi connectivity index (χ4v) is 4.96. The first-order chi connectivity index (χ1) is 17.9. The van der Waals surface area contributed by atoms with E-state index in [0.29, 0.717) is 38.2 Å². The normalized spacial score (nSPS) is 10.4. The number of amides is 2. The van der Waals surface area contributed by atoms with Crippen LogP contribution in [-0.4, -0.2) is 22.6 Å². The number of halogens is 2. The molecule has 2 amide bonds. The number of rotatable bonds is 7. The van der Waals surface area contributed by atoms with E-state index in [1.807, 2.05) is 30.3 Å². The third-order valence-corrected chi connectivity index (χ3v) is 7.04. The van der Waals surface area contributed by atoms with E-state index in [4.69, 9.17) is 11.6 Å². The van der Waals surface area contributed by atoms with Crippen molar-refractivity contribution in [3.63, 3.8) is 0 Å². The molecule has 3 aromatic carbocycles. The smallest absolute Gasteiger partial charge is 0.258 e. The van der Waals surface area contributed by atoms with Gasteiger partial charge in [-0.15, -0.1) is 0 Å². The number of nitrogens with zero attached hydrogens (tertiary/aromatic N) is 2. The molecule has 9 heteroatoms. The number of nitrogens with one attached hydrogen (secondary N) is 2. The lowest BCUT2D eigenvalue weighted by Gasteiger charge is -2.17. The number of pyridine rings is 1. The number of carbonyl (C=O) groups excluding carboxylic acids is 2. The van der Waals surface area contributed by atoms with Crippen LogP contribution in [0.3, 0.4) is 0 Å². The number of para-hydroxylation sites is 1. The summed E-state index contributed by atoms with van der Waals surface area (Å²) in [7, 11) is 0. The molecule has 0 atom stereocenters. The van der Waals surface area contributed by atoms with Gasteiger partial charge in [0.25, 0.3) is 5.91 Å². The minimum Gasteiger partial charge on any atom is -0.325 e. The molecule has 0 saturated carbocycles. The van der Waals surface area contributed by atoms with Crippen molar-refractivity contribution in [1.29, 1.82) is 5.26 Å². The van der Waals surface area contributed by atoms with Crippen molar-refractivity contribution in [1.82, 2.24) is 4.98 Å². The predicted octanol–water partition coefficient (Wildman–Crippen LogP) is 7.33. The van der Waals surface area contributed by atoms with Gasteiger partial charge in [0, 0.05) is 26.4 Å². The van der Waals surface area contributed by atoms with Crippen LogP contribution in [0.25, 0.3) is 11.1 Å². The van der Waals surface area contributed by atoms with Crippen LogP contribution in [0.2, 0.25) is 5.02 Å². The summed E-state index contributed by atoms with van der Waals surface area (Å²) >= 11 is 10.8. The zero-order valence-electron chi connectivity index (χ0n) is 19.6. The number of aryl methyl sites for hydroxylation is 1. The Balaban J connectivity index is 1.70. The summed E-state index contributed by atoms with van der Waals surface area (Å²) in [4.78, 5) is 30.6. The van der Waals surface area contributed by atoms with Crippen LogP contribution in [0, 0.1) is 18.3 Å². The van der Waals surface area contributed by atoms with Gasteiger partial charge in [-0.25, -0.2) is 4.98 Å². The number of hydrogen-bond donors (Lipinski definition) is 2. The molecule has 0 bridgehead atoms. The van der Waals surface area contributed by atoms with Gasteiger partial charge in [0.2, 0.25) is 5.91 Å². The number of carbonyl (C=O) groups is 2. The molecular weight excluding hydrogens is 572 g/mol. The highest BCUT2D eigenvalue weighted by Gasteiger charge is 2.25. The van der Waals surface area contributed by atoms with E-state index in [0.717, 1.165) is 16.2 Å². The summed E-state index contributed by atoms with van der Waals surface area (Å²) in [5.74, 6) is -0.611. The number of hydrogen-bond acceptors (Lipinski definition) is 5. The molecule has 37 heavy (non-hydrogen) atoms. The standard InChI is InChI=1S/C28H20BrClN4O2S/c1-17-25(27(36)34-21-8-3-2-4-9-21)26(18-6-5-7-20(30)14-18)23(15-31)28(32-17)37-16-24(35)33-22-12-10-19(29)11-13-22/h2-14H,16H2,1H3,(H,33,35)(H,34,36). The number of anilines is 2. The Morgan fingerprint density at radius 2 is 1.70 bits per heavy atom. The predicted molar refractivity (Wildman–Crippen MR) is 152 cm³/mol. The molecule has 1 aromatic heterocycles. The summed E-state index contributed by atoms with van der Waals surface area (Å²) in [6, 6.07) is 25.4. The average molecular weight is 592 g/mol. The molecule has 0 fully saturated rings. The van der Waals surface area contributed by atoms with E-state index in [-0.39, 0.29) is 22.8 Å². The van der Waals surface area contributed by atoms with Gasteiger partial charge in [-0.05, 0) is 61.0 Å². The van der Waals surface area contributed by atoms with Crippen LogP contribution < -0.4 is 10.6 Å². The van der Waals surface area contributed by atoms with E-state index in [9.17, 15) is 14.9 Å². The van der Waals surface area contributed by atoms with Crippen LogP contribution in [-0.2, 0) is 4.79 Å². The van der Waals surface area contributed by atoms with E-state index < -0.39 is 5.91 Å². The summed E-state index contributed by atoms with van der Waals surface area (Å²) in [6.45, 7) is 1.71. The Bertz CT molecular complexity index is 1510. The molecule has 0 saturated heterocycles. The number of aromatic nitrogens is 1. The molecule has 0 aliphatic rings. The van der Waals surface area contributed by atoms with Gasteiger partial charge in [0.05, 0.1) is 22.6 Å². The minimum atomic E-state index is -0.396. The SMILES string of the molecule is Cc1nc(SCC(=O)Nc2ccc(Br)cc2)c(C#N)c(-c2cccc(Cl)c2)c1C(=O)Nc1ccccc1. The van der Waals surface area contributed by atoms with Crippen LogP contribution >= 0.6 is 39.3 Å². The van der Waals surface area contributed by atoms with E-state index in [1.165, 1.54) is 0 Å². The first-order valence-electron chi connectivity index (χ1n) is 11.1. The quantitative estimate of drug-likeness (QED) is 0.220. The molecule has 0 unspecified atom stereocenters. The number of nitriles is 1. The lowest BCUT2D eigenvalue weighted by molar-refractivity contribution is -0.113. The molecule has 6 nitrogen and oxygen atoms in total. The van der Waals surface area contributed by atoms with Gasteiger partial charge in [0.1, 0.15) is 11.1 Å². The Labute approximate surface area is 232 Å². The summed E-state index contributed by atoms with van der Waals surface area (Å²) in [6.07, 6.45) is 0. The van der Waals surface area contributed by atoms with Gasteiger partial charge in [0.15, 0.2) is 0 Å². The van der Waals surface area contributed by atoms with Crippen LogP contribution in [0.1, 0.15) is 21.6 Å². The highest BCUT2D eigenvalue weighted by Crippen LogP contribution is 2.36. The molecule has 0 spiro atoms. The Morgan fingerprint density at radius 3 is 2.38 bits per heavy atom. The summed E-state index contributed by atoms with van der Waals surface area (Å²) in [5, 5.41) is 16.7. The maximum atomic E-state index is 13.4. The fourth-order valence-electron chi connectivity index (χ4n) is 3.67. The van der Waals surface area contributed by atoms with Gasteiger partial charge < -0.3 is 10.6 Å². The molecule has 4 rings (SSSR count). The molecule has 184 valence electrons. The van der Waals surface area contributed by atoms with Crippen molar-refractivity contribution >= 4 is 62.5 Å². The van der Waals surface area contributed by atoms with Crippen LogP contribution in [0.4, 0.5) is 11.4 Å². The van der Waals surface area contributed by atoms with Crippen LogP contribution in [0.5, 0.6) is 0 Å². The topological polar surface area (TPSA) is 94.9 Å². The van der Waals surface area contributed by atoms with Crippen LogP contribution in [0.15, 0.2) is 88.4 Å². The van der Waals surface area contributed by atoms with Crippen molar-refractivity contribution in [3.05, 3.63) is 105 Å². The van der Waals surface area contributed by atoms with Gasteiger partial charge >= 0.3 is 0 Å². The maximum Gasteiger partial charge on any atom is 0.258 e. The maximum absolute atomic E-state index is 13.4. The van der Waals surface area contributed by atoms with Crippen molar-refractivity contribution in [3.8, 4) is 17.2 Å². The number of benzene rings is 3. The Kier molecular flexibility index (Phi) is 8.62. The van der Waals surface area contributed by atoms with Crippen molar-refractivity contribution < 1.29 is 9.59 Å². The molecule has 0 radical (unpaired) electrons. The van der Waals surface area contributed by atoms with Gasteiger partial charge in [-0.3, -0.25) is 9.59 Å². The Hall–Kier alpha value is -3.64. The molecule has 1 heterocycles. The van der Waals surface area contributed by atoms with Crippen molar-refractivity contribution in [2.75, 3.05) is 16.4 Å². The summed E-state index contributed by atoms with van der Waals surface area (Å²) < 4.78 is 0.906. The molecule has 2 N–H and O–H groups in total. The summed E-state index contributed by atoms with van der Waals surface area (Å²) in [5.41, 5.74) is 3.20. The molecule has 0 aliphatic heterocycles. The minimum absolute atomic E-state index is 0.0295. The third-order valence-electron chi connectivity index (χ3n) is 5.30. The monoisotopic (exact) mass is 590 g/mol. The largest absolute Gasteiger partial charge is 0.325 e. The van der Waals surface area contributed by atoms with Gasteiger partial charge in [-0.1, -0.05) is 69.6 Å². The van der Waals surface area contributed by atoms with Crippen molar-refractivity contribution in [2.24, 2.45) is 0 Å². The lowest BCUT2D eigenvalue weighted by atomic mass is 9.94. The second-order valence-corrected chi connectivity index (χ2v) is 10.2.